The van der Waals surface area contributed by atoms with Gasteiger partial charge >= 0.3 is 0 Å². The summed E-state index contributed by atoms with van der Waals surface area (Å²) >= 11 is 1.48. The normalized spacial score (nSPS) is 41.5. The number of hydrogen-bond acceptors (Lipinski definition) is 4. The van der Waals surface area contributed by atoms with Gasteiger partial charge < -0.3 is 10.8 Å². The Bertz CT molecular complexity index is 447. The van der Waals surface area contributed by atoms with E-state index in [1.165, 1.54) is 49.9 Å². The van der Waals surface area contributed by atoms with Gasteiger partial charge in [0.05, 0.1) is 17.2 Å². The molecule has 0 radical (unpaired) electrons. The van der Waals surface area contributed by atoms with Crippen LogP contribution in [0.2, 0.25) is 0 Å². The number of nitrogens with two attached hydrogens (primary N) is 1. The summed E-state index contributed by atoms with van der Waals surface area (Å²) in [7, 11) is 0. The molecule has 0 aromatic carbocycles. The number of nitrogens with zero attached hydrogens (tertiary/aromatic N) is 1. The first kappa shape index (κ1) is 11.2. The second kappa shape index (κ2) is 3.70. The van der Waals surface area contributed by atoms with Crippen molar-refractivity contribution in [2.24, 2.45) is 17.8 Å². The van der Waals surface area contributed by atoms with Gasteiger partial charge in [-0.15, -0.1) is 0 Å². The van der Waals surface area contributed by atoms with Gasteiger partial charge in [-0.3, -0.25) is 0 Å². The summed E-state index contributed by atoms with van der Waals surface area (Å²) in [6.45, 7) is 0.103. The van der Waals surface area contributed by atoms with Crippen molar-refractivity contribution < 1.29 is 5.11 Å². The highest BCUT2D eigenvalue weighted by atomic mass is 32.1. The van der Waals surface area contributed by atoms with E-state index in [0.717, 1.165) is 28.3 Å². The van der Waals surface area contributed by atoms with E-state index in [1.807, 2.05) is 0 Å². The summed E-state index contributed by atoms with van der Waals surface area (Å²) in [5.74, 6) is 2.72. The quantitative estimate of drug-likeness (QED) is 0.863. The fourth-order valence-electron chi connectivity index (χ4n) is 5.29. The molecular formula is C14H20N2OS. The van der Waals surface area contributed by atoms with Gasteiger partial charge in [-0.1, -0.05) is 11.3 Å². The van der Waals surface area contributed by atoms with Crippen LogP contribution in [0.1, 0.15) is 49.1 Å². The number of rotatable bonds is 2. The molecule has 0 amide bonds. The second-order valence-electron chi connectivity index (χ2n) is 6.68. The first-order valence-electron chi connectivity index (χ1n) is 7.05. The van der Waals surface area contributed by atoms with Crippen LogP contribution in [0.25, 0.3) is 0 Å². The maximum atomic E-state index is 9.55. The van der Waals surface area contributed by atoms with E-state index in [9.17, 15) is 5.11 Å². The number of anilines is 1. The van der Waals surface area contributed by atoms with Crippen LogP contribution in [0.4, 0.5) is 5.13 Å². The van der Waals surface area contributed by atoms with Crippen LogP contribution >= 0.6 is 11.3 Å². The highest BCUT2D eigenvalue weighted by molar-refractivity contribution is 7.15. The Balaban J connectivity index is 1.78. The molecule has 0 aliphatic heterocycles. The van der Waals surface area contributed by atoms with Gasteiger partial charge in [-0.25, -0.2) is 4.98 Å². The second-order valence-corrected chi connectivity index (χ2v) is 7.80. The predicted molar refractivity (Wildman–Crippen MR) is 72.3 cm³/mol. The molecule has 1 heterocycles. The minimum absolute atomic E-state index is 0.103. The van der Waals surface area contributed by atoms with Crippen molar-refractivity contribution in [2.45, 2.75) is 50.5 Å². The standard InChI is InChI=1S/C14H20N2OS/c15-13-16-12(11(7-17)18-13)14-4-8-1-9(5-14)3-10(2-8)6-14/h8-10,17H,1-7H2,(H2,15,16). The number of aliphatic hydroxyl groups is 1. The van der Waals surface area contributed by atoms with E-state index in [-0.39, 0.29) is 12.0 Å². The van der Waals surface area contributed by atoms with Crippen LogP contribution in [0.3, 0.4) is 0 Å². The fourth-order valence-corrected chi connectivity index (χ4v) is 6.10. The third-order valence-electron chi connectivity index (χ3n) is 5.40. The number of nitrogen functional groups attached to an aromatic ring is 1. The van der Waals surface area contributed by atoms with Gasteiger partial charge in [-0.2, -0.15) is 0 Å². The van der Waals surface area contributed by atoms with Crippen LogP contribution in [-0.2, 0) is 12.0 Å². The molecule has 1 aromatic rings. The number of thiazole rings is 1. The molecule has 5 rings (SSSR count). The topological polar surface area (TPSA) is 59.1 Å². The van der Waals surface area contributed by atoms with Gasteiger partial charge in [0.1, 0.15) is 0 Å². The van der Waals surface area contributed by atoms with Crippen molar-refractivity contribution in [2.75, 3.05) is 5.73 Å². The van der Waals surface area contributed by atoms with Crippen molar-refractivity contribution >= 4 is 16.5 Å². The Hall–Kier alpha value is -0.610. The van der Waals surface area contributed by atoms with Crippen molar-refractivity contribution in [1.82, 2.24) is 4.98 Å². The van der Waals surface area contributed by atoms with Gasteiger partial charge in [0.15, 0.2) is 5.13 Å². The zero-order valence-corrected chi connectivity index (χ0v) is 11.4. The van der Waals surface area contributed by atoms with Crippen LogP contribution < -0.4 is 5.73 Å². The van der Waals surface area contributed by atoms with Gasteiger partial charge in [-0.05, 0) is 56.3 Å². The third kappa shape index (κ3) is 1.48. The molecular weight excluding hydrogens is 244 g/mol. The van der Waals surface area contributed by atoms with E-state index >= 15 is 0 Å². The van der Waals surface area contributed by atoms with Crippen molar-refractivity contribution in [3.63, 3.8) is 0 Å². The Kier molecular flexibility index (Phi) is 2.31. The van der Waals surface area contributed by atoms with Gasteiger partial charge in [0.2, 0.25) is 0 Å². The zero-order valence-electron chi connectivity index (χ0n) is 10.6. The molecule has 3 N–H and O–H groups in total. The number of aliphatic hydroxyl groups excluding tert-OH is 1. The van der Waals surface area contributed by atoms with Crippen LogP contribution in [0, 0.1) is 17.8 Å². The number of hydrogen-bond donors (Lipinski definition) is 2. The highest BCUT2D eigenvalue weighted by Gasteiger charge is 2.53. The largest absolute Gasteiger partial charge is 0.391 e. The van der Waals surface area contributed by atoms with Gasteiger partial charge in [0.25, 0.3) is 0 Å². The lowest BCUT2D eigenvalue weighted by Crippen LogP contribution is -2.49. The maximum Gasteiger partial charge on any atom is 0.180 e. The monoisotopic (exact) mass is 264 g/mol. The molecule has 3 nitrogen and oxygen atoms in total. The molecule has 1 aromatic heterocycles. The van der Waals surface area contributed by atoms with E-state index in [4.69, 9.17) is 5.73 Å². The Labute approximate surface area is 111 Å². The molecule has 0 saturated heterocycles. The zero-order chi connectivity index (χ0) is 12.3. The molecule has 4 fully saturated rings. The van der Waals surface area contributed by atoms with E-state index in [1.54, 1.807) is 0 Å². The lowest BCUT2D eigenvalue weighted by molar-refractivity contribution is -0.00768. The Morgan fingerprint density at radius 1 is 1.17 bits per heavy atom. The Morgan fingerprint density at radius 2 is 1.72 bits per heavy atom. The summed E-state index contributed by atoms with van der Waals surface area (Å²) < 4.78 is 0. The summed E-state index contributed by atoms with van der Waals surface area (Å²) in [6, 6.07) is 0. The smallest absolute Gasteiger partial charge is 0.180 e. The fraction of sp³-hybridized carbons (Fsp3) is 0.786. The predicted octanol–water partition coefficient (Wildman–Crippen LogP) is 2.69. The minimum atomic E-state index is 0.103. The molecule has 0 unspecified atom stereocenters. The minimum Gasteiger partial charge on any atom is -0.391 e. The molecule has 4 saturated carbocycles. The van der Waals surface area contributed by atoms with Crippen LogP contribution in [0.15, 0.2) is 0 Å². The first-order chi connectivity index (χ1) is 8.68. The third-order valence-corrected chi connectivity index (χ3v) is 6.27. The number of aromatic nitrogens is 1. The molecule has 4 aliphatic carbocycles. The van der Waals surface area contributed by atoms with E-state index < -0.39 is 0 Å². The molecule has 4 bridgehead atoms. The summed E-state index contributed by atoms with van der Waals surface area (Å²) in [6.07, 6.45) is 8.17. The summed E-state index contributed by atoms with van der Waals surface area (Å²) in [5, 5.41) is 10.2. The van der Waals surface area contributed by atoms with Crippen molar-refractivity contribution in [1.29, 1.82) is 0 Å². The van der Waals surface area contributed by atoms with E-state index in [2.05, 4.69) is 4.98 Å². The summed E-state index contributed by atoms with van der Waals surface area (Å²) in [5.41, 5.74) is 7.29. The van der Waals surface area contributed by atoms with Crippen LogP contribution in [-0.4, -0.2) is 10.1 Å². The Morgan fingerprint density at radius 3 is 2.22 bits per heavy atom. The van der Waals surface area contributed by atoms with Crippen molar-refractivity contribution in [3.05, 3.63) is 10.6 Å². The first-order valence-corrected chi connectivity index (χ1v) is 7.87. The molecule has 98 valence electrons. The lowest BCUT2D eigenvalue weighted by atomic mass is 9.48. The molecule has 0 atom stereocenters. The average molecular weight is 264 g/mol. The SMILES string of the molecule is Nc1nc(C23CC4CC(CC(C4)C2)C3)c(CO)s1. The average Bonchev–Trinajstić information content (AvgIpc) is 2.69. The van der Waals surface area contributed by atoms with Gasteiger partial charge in [0, 0.05) is 5.41 Å². The highest BCUT2D eigenvalue weighted by Crippen LogP contribution is 2.61. The molecule has 4 aliphatic rings. The van der Waals surface area contributed by atoms with Crippen LogP contribution in [0.5, 0.6) is 0 Å². The van der Waals surface area contributed by atoms with E-state index in [0.29, 0.717) is 5.13 Å². The lowest BCUT2D eigenvalue weighted by Gasteiger charge is -2.56. The molecule has 18 heavy (non-hydrogen) atoms. The summed E-state index contributed by atoms with van der Waals surface area (Å²) in [4.78, 5) is 5.63. The molecule has 4 heteroatoms. The van der Waals surface area contributed by atoms with Crippen molar-refractivity contribution in [3.8, 4) is 0 Å². The molecule has 0 spiro atoms. The maximum absolute atomic E-state index is 9.55.